The van der Waals surface area contributed by atoms with Crippen LogP contribution in [-0.4, -0.2) is 11.0 Å². The van der Waals surface area contributed by atoms with Gasteiger partial charge in [0.25, 0.3) is 0 Å². The third kappa shape index (κ3) is 2.05. The molecule has 0 bridgehead atoms. The van der Waals surface area contributed by atoms with Gasteiger partial charge in [0, 0.05) is 17.9 Å². The van der Waals surface area contributed by atoms with Crippen LogP contribution in [0, 0.1) is 6.92 Å². The molecule has 2 N–H and O–H groups in total. The first-order valence-electron chi connectivity index (χ1n) is 4.29. The molecule has 0 aromatic carbocycles. The average molecular weight is 164 g/mol. The van der Waals surface area contributed by atoms with Crippen molar-refractivity contribution >= 4 is 0 Å². The number of aromatic nitrogens is 1. The first kappa shape index (κ1) is 9.20. The molecule has 0 fully saturated rings. The predicted molar refractivity (Wildman–Crippen MR) is 51.0 cm³/mol. The van der Waals surface area contributed by atoms with Crippen LogP contribution in [0.5, 0.6) is 0 Å². The van der Waals surface area contributed by atoms with Crippen molar-refractivity contribution in [3.8, 4) is 0 Å². The van der Waals surface area contributed by atoms with Crippen LogP contribution in [0.2, 0.25) is 0 Å². The first-order chi connectivity index (χ1) is 5.61. The summed E-state index contributed by atoms with van der Waals surface area (Å²) in [6, 6.07) is 4.31. The first-order valence-corrected chi connectivity index (χ1v) is 4.29. The van der Waals surface area contributed by atoms with E-state index in [4.69, 9.17) is 5.73 Å². The summed E-state index contributed by atoms with van der Waals surface area (Å²) >= 11 is 0. The van der Waals surface area contributed by atoms with E-state index < -0.39 is 0 Å². The summed E-state index contributed by atoms with van der Waals surface area (Å²) in [5.74, 6) is 0.387. The van der Waals surface area contributed by atoms with Gasteiger partial charge in [-0.25, -0.2) is 0 Å². The average Bonchev–Trinajstić information content (AvgIpc) is 2.04. The Kier molecular flexibility index (Phi) is 2.82. The van der Waals surface area contributed by atoms with Crippen molar-refractivity contribution in [1.29, 1.82) is 0 Å². The molecular formula is C10H16N2. The lowest BCUT2D eigenvalue weighted by Crippen LogP contribution is -2.22. The van der Waals surface area contributed by atoms with Crippen LogP contribution in [0.25, 0.3) is 0 Å². The highest BCUT2D eigenvalue weighted by atomic mass is 14.7. The maximum atomic E-state index is 5.78. The Morgan fingerprint density at radius 2 is 2.00 bits per heavy atom. The Morgan fingerprint density at radius 1 is 1.33 bits per heavy atom. The van der Waals surface area contributed by atoms with Gasteiger partial charge in [-0.3, -0.25) is 4.98 Å². The molecule has 0 amide bonds. The number of hydrogen-bond acceptors (Lipinski definition) is 2. The van der Waals surface area contributed by atoms with Crippen LogP contribution in [0.4, 0.5) is 0 Å². The number of nitrogens with zero attached hydrogens (tertiary/aromatic N) is 1. The van der Waals surface area contributed by atoms with Crippen molar-refractivity contribution in [3.63, 3.8) is 0 Å². The van der Waals surface area contributed by atoms with Crippen LogP contribution in [0.15, 0.2) is 18.3 Å². The van der Waals surface area contributed by atoms with Crippen LogP contribution < -0.4 is 5.73 Å². The van der Waals surface area contributed by atoms with Gasteiger partial charge < -0.3 is 5.73 Å². The molecule has 1 heterocycles. The molecule has 0 saturated heterocycles. The molecule has 0 aliphatic heterocycles. The zero-order valence-electron chi connectivity index (χ0n) is 7.91. The van der Waals surface area contributed by atoms with Gasteiger partial charge >= 0.3 is 0 Å². The Labute approximate surface area is 73.8 Å². The fourth-order valence-corrected chi connectivity index (χ4v) is 1.05. The number of aryl methyl sites for hydroxylation is 1. The third-order valence-corrected chi connectivity index (χ3v) is 2.25. The van der Waals surface area contributed by atoms with E-state index in [1.165, 1.54) is 5.56 Å². The highest BCUT2D eigenvalue weighted by Crippen LogP contribution is 2.16. The summed E-state index contributed by atoms with van der Waals surface area (Å²) < 4.78 is 0. The summed E-state index contributed by atoms with van der Waals surface area (Å²) in [5.41, 5.74) is 8.05. The number of hydrogen-bond donors (Lipinski definition) is 1. The van der Waals surface area contributed by atoms with Crippen molar-refractivity contribution in [2.24, 2.45) is 5.73 Å². The van der Waals surface area contributed by atoms with Crippen molar-refractivity contribution in [1.82, 2.24) is 4.98 Å². The molecule has 2 heteroatoms. The lowest BCUT2D eigenvalue weighted by molar-refractivity contribution is 0.611. The second kappa shape index (κ2) is 3.68. The topological polar surface area (TPSA) is 38.9 Å². The minimum Gasteiger partial charge on any atom is -0.327 e. The minimum atomic E-state index is 0.189. The molecule has 1 rings (SSSR count). The molecule has 0 aliphatic rings. The van der Waals surface area contributed by atoms with Gasteiger partial charge in [-0.15, -0.1) is 0 Å². The smallest absolute Gasteiger partial charge is 0.0372 e. The molecular weight excluding hydrogens is 148 g/mol. The van der Waals surface area contributed by atoms with Crippen LogP contribution in [0.1, 0.15) is 31.0 Å². The van der Waals surface area contributed by atoms with Crippen LogP contribution >= 0.6 is 0 Å². The quantitative estimate of drug-likeness (QED) is 0.724. The summed E-state index contributed by atoms with van der Waals surface area (Å²) in [6.45, 7) is 6.13. The Morgan fingerprint density at radius 3 is 2.42 bits per heavy atom. The van der Waals surface area contributed by atoms with Crippen molar-refractivity contribution in [2.45, 2.75) is 32.7 Å². The second-order valence-corrected chi connectivity index (χ2v) is 3.38. The zero-order chi connectivity index (χ0) is 9.14. The van der Waals surface area contributed by atoms with E-state index in [0.717, 1.165) is 5.69 Å². The molecule has 0 saturated carbocycles. The summed E-state index contributed by atoms with van der Waals surface area (Å²) in [7, 11) is 0. The Bertz CT molecular complexity index is 239. The monoisotopic (exact) mass is 164 g/mol. The van der Waals surface area contributed by atoms with E-state index in [2.05, 4.69) is 18.0 Å². The van der Waals surface area contributed by atoms with E-state index in [1.54, 1.807) is 0 Å². The fraction of sp³-hybridized carbons (Fsp3) is 0.500. The summed E-state index contributed by atoms with van der Waals surface area (Å²) in [6.07, 6.45) is 1.91. The highest BCUT2D eigenvalue weighted by molar-refractivity contribution is 5.18. The molecule has 12 heavy (non-hydrogen) atoms. The van der Waals surface area contributed by atoms with Crippen LogP contribution in [0.3, 0.4) is 0 Å². The molecule has 0 radical (unpaired) electrons. The Hall–Kier alpha value is -0.890. The normalized spacial score (nSPS) is 15.7. The maximum absolute atomic E-state index is 5.78. The zero-order valence-corrected chi connectivity index (χ0v) is 7.91. The van der Waals surface area contributed by atoms with Crippen molar-refractivity contribution in [2.75, 3.05) is 0 Å². The van der Waals surface area contributed by atoms with Crippen molar-refractivity contribution in [3.05, 3.63) is 29.6 Å². The largest absolute Gasteiger partial charge is 0.327 e. The molecule has 2 nitrogen and oxygen atoms in total. The van der Waals surface area contributed by atoms with Gasteiger partial charge in [0.05, 0.1) is 0 Å². The molecule has 1 aromatic rings. The SMILES string of the molecule is Cc1ccc(C(C)C(C)N)cn1. The number of nitrogens with two attached hydrogens (primary N) is 1. The molecule has 0 aliphatic carbocycles. The number of pyridine rings is 1. The molecule has 66 valence electrons. The highest BCUT2D eigenvalue weighted by Gasteiger charge is 2.09. The molecule has 2 unspecified atom stereocenters. The standard InChI is InChI=1S/C10H16N2/c1-7-4-5-10(6-12-7)8(2)9(3)11/h4-6,8-9H,11H2,1-3H3. The lowest BCUT2D eigenvalue weighted by atomic mass is 9.96. The molecule has 0 spiro atoms. The van der Waals surface area contributed by atoms with Gasteiger partial charge in [0.2, 0.25) is 0 Å². The number of rotatable bonds is 2. The fourth-order valence-electron chi connectivity index (χ4n) is 1.05. The van der Waals surface area contributed by atoms with E-state index in [-0.39, 0.29) is 6.04 Å². The summed E-state index contributed by atoms with van der Waals surface area (Å²) in [4.78, 5) is 4.23. The molecule has 1 aromatic heterocycles. The molecule has 2 atom stereocenters. The Balaban J connectivity index is 2.82. The van der Waals surface area contributed by atoms with Gasteiger partial charge in [-0.1, -0.05) is 13.0 Å². The van der Waals surface area contributed by atoms with E-state index >= 15 is 0 Å². The van der Waals surface area contributed by atoms with Crippen LogP contribution in [-0.2, 0) is 0 Å². The van der Waals surface area contributed by atoms with Gasteiger partial charge in [-0.2, -0.15) is 0 Å². The van der Waals surface area contributed by atoms with E-state index in [9.17, 15) is 0 Å². The predicted octanol–water partition coefficient (Wildman–Crippen LogP) is 1.84. The summed E-state index contributed by atoms with van der Waals surface area (Å²) in [5, 5.41) is 0. The third-order valence-electron chi connectivity index (χ3n) is 2.25. The van der Waals surface area contributed by atoms with Gasteiger partial charge in [0.1, 0.15) is 0 Å². The van der Waals surface area contributed by atoms with Gasteiger partial charge in [-0.05, 0) is 31.4 Å². The second-order valence-electron chi connectivity index (χ2n) is 3.38. The van der Waals surface area contributed by atoms with E-state index in [1.807, 2.05) is 26.1 Å². The minimum absolute atomic E-state index is 0.189. The van der Waals surface area contributed by atoms with E-state index in [0.29, 0.717) is 5.92 Å². The lowest BCUT2D eigenvalue weighted by Gasteiger charge is -2.15. The van der Waals surface area contributed by atoms with Gasteiger partial charge in [0.15, 0.2) is 0 Å². The van der Waals surface area contributed by atoms with Crippen molar-refractivity contribution < 1.29 is 0 Å². The maximum Gasteiger partial charge on any atom is 0.0372 e.